The molecule has 34 heavy (non-hydrogen) atoms. The number of aryl methyl sites for hydroxylation is 1. The predicted molar refractivity (Wildman–Crippen MR) is 132 cm³/mol. The van der Waals surface area contributed by atoms with E-state index in [1.165, 1.54) is 21.7 Å². The van der Waals surface area contributed by atoms with Crippen molar-refractivity contribution in [3.63, 3.8) is 0 Å². The molecule has 3 aromatic rings. The van der Waals surface area contributed by atoms with Gasteiger partial charge < -0.3 is 9.64 Å². The van der Waals surface area contributed by atoms with Gasteiger partial charge in [-0.2, -0.15) is 4.31 Å². The second-order valence-electron chi connectivity index (χ2n) is 9.09. The molecule has 0 amide bonds. The molecule has 0 saturated carbocycles. The molecule has 5 rings (SSSR count). The van der Waals surface area contributed by atoms with Crippen molar-refractivity contribution >= 4 is 16.0 Å². The van der Waals surface area contributed by atoms with Crippen molar-refractivity contribution in [3.8, 4) is 5.75 Å². The topological polar surface area (TPSA) is 75.6 Å². The van der Waals surface area contributed by atoms with Gasteiger partial charge in [0.25, 0.3) is 0 Å². The Morgan fingerprint density at radius 1 is 0.882 bits per heavy atom. The van der Waals surface area contributed by atoms with Gasteiger partial charge in [0.2, 0.25) is 16.0 Å². The van der Waals surface area contributed by atoms with Gasteiger partial charge in [-0.25, -0.2) is 18.4 Å². The fourth-order valence-electron chi connectivity index (χ4n) is 4.60. The fourth-order valence-corrected chi connectivity index (χ4v) is 5.40. The van der Waals surface area contributed by atoms with Crippen LogP contribution >= 0.6 is 0 Å². The monoisotopic (exact) mass is 478 g/mol. The molecule has 2 aliphatic heterocycles. The summed E-state index contributed by atoms with van der Waals surface area (Å²) in [6, 6.07) is 12.5. The maximum Gasteiger partial charge on any atom is 0.225 e. The third-order valence-electron chi connectivity index (χ3n) is 6.70. The SMILES string of the molecule is CCc1cnc(N2CCc3cc(COc4ccc5c(c4)CCN(S(C)(=O)=O)C5)ccc3C2)nc1. The minimum atomic E-state index is -3.16. The summed E-state index contributed by atoms with van der Waals surface area (Å²) < 4.78 is 31.3. The van der Waals surface area contributed by atoms with Crippen molar-refractivity contribution in [2.75, 3.05) is 24.2 Å². The maximum atomic E-state index is 11.8. The van der Waals surface area contributed by atoms with Crippen LogP contribution in [0, 0.1) is 0 Å². The molecule has 0 saturated heterocycles. The lowest BCUT2D eigenvalue weighted by molar-refractivity contribution is 0.304. The Morgan fingerprint density at radius 3 is 2.35 bits per heavy atom. The number of anilines is 1. The summed E-state index contributed by atoms with van der Waals surface area (Å²) in [5, 5.41) is 0. The van der Waals surface area contributed by atoms with E-state index < -0.39 is 10.0 Å². The number of fused-ring (bicyclic) bond motifs is 2. The Balaban J connectivity index is 1.22. The van der Waals surface area contributed by atoms with E-state index in [0.29, 0.717) is 26.1 Å². The van der Waals surface area contributed by atoms with Crippen molar-refractivity contribution in [1.29, 1.82) is 0 Å². The smallest absolute Gasteiger partial charge is 0.225 e. The number of ether oxygens (including phenoxy) is 1. The molecule has 0 bridgehead atoms. The van der Waals surface area contributed by atoms with E-state index in [4.69, 9.17) is 4.74 Å². The van der Waals surface area contributed by atoms with Crippen LogP contribution in [0.25, 0.3) is 0 Å². The lowest BCUT2D eigenvalue weighted by atomic mass is 9.97. The standard InChI is InChI=1S/C26H30N4O3S/c1-3-19-14-27-26(28-15-19)29-10-8-21-12-20(4-5-23(21)16-29)18-33-25-7-6-24-17-30(34(2,31)32)11-9-22(24)13-25/h4-7,12-15H,3,8-11,16-18H2,1-2H3. The van der Waals surface area contributed by atoms with Gasteiger partial charge >= 0.3 is 0 Å². The number of hydrogen-bond acceptors (Lipinski definition) is 6. The largest absolute Gasteiger partial charge is 0.489 e. The summed E-state index contributed by atoms with van der Waals surface area (Å²) >= 11 is 0. The number of aromatic nitrogens is 2. The Morgan fingerprint density at radius 2 is 1.59 bits per heavy atom. The van der Waals surface area contributed by atoms with Crippen LogP contribution in [-0.2, 0) is 49.0 Å². The highest BCUT2D eigenvalue weighted by atomic mass is 32.2. The van der Waals surface area contributed by atoms with Crippen LogP contribution in [0.2, 0.25) is 0 Å². The molecule has 0 atom stereocenters. The zero-order valence-electron chi connectivity index (χ0n) is 19.7. The van der Waals surface area contributed by atoms with Crippen molar-refractivity contribution in [2.45, 2.75) is 45.9 Å². The van der Waals surface area contributed by atoms with Gasteiger partial charge in [-0.1, -0.05) is 31.2 Å². The average molecular weight is 479 g/mol. The van der Waals surface area contributed by atoms with E-state index in [-0.39, 0.29) is 0 Å². The van der Waals surface area contributed by atoms with Gasteiger partial charge in [0.15, 0.2) is 0 Å². The molecule has 0 radical (unpaired) electrons. The van der Waals surface area contributed by atoms with Crippen molar-refractivity contribution in [1.82, 2.24) is 14.3 Å². The molecule has 2 aliphatic rings. The van der Waals surface area contributed by atoms with Crippen molar-refractivity contribution < 1.29 is 13.2 Å². The first-order chi connectivity index (χ1) is 16.4. The first-order valence-electron chi connectivity index (χ1n) is 11.8. The van der Waals surface area contributed by atoms with Crippen LogP contribution < -0.4 is 9.64 Å². The van der Waals surface area contributed by atoms with Crippen LogP contribution in [0.1, 0.15) is 40.3 Å². The van der Waals surface area contributed by atoms with Gasteiger partial charge in [0.1, 0.15) is 12.4 Å². The van der Waals surface area contributed by atoms with Gasteiger partial charge in [0.05, 0.1) is 6.26 Å². The highest BCUT2D eigenvalue weighted by Gasteiger charge is 2.23. The summed E-state index contributed by atoms with van der Waals surface area (Å²) in [4.78, 5) is 11.3. The molecule has 1 aromatic heterocycles. The molecule has 8 heteroatoms. The highest BCUT2D eigenvalue weighted by molar-refractivity contribution is 7.88. The maximum absolute atomic E-state index is 11.8. The molecule has 0 N–H and O–H groups in total. The average Bonchev–Trinajstić information content (AvgIpc) is 2.86. The third-order valence-corrected chi connectivity index (χ3v) is 7.94. The molecule has 3 heterocycles. The van der Waals surface area contributed by atoms with Crippen LogP contribution in [-0.4, -0.2) is 42.0 Å². The van der Waals surface area contributed by atoms with E-state index in [2.05, 4.69) is 46.1 Å². The minimum absolute atomic E-state index is 0.435. The summed E-state index contributed by atoms with van der Waals surface area (Å²) in [7, 11) is -3.16. The van der Waals surface area contributed by atoms with Crippen LogP contribution in [0.5, 0.6) is 5.75 Å². The van der Waals surface area contributed by atoms with Gasteiger partial charge in [-0.15, -0.1) is 0 Å². The number of nitrogens with zero attached hydrogens (tertiary/aromatic N) is 4. The second kappa shape index (κ2) is 9.35. The quantitative estimate of drug-likeness (QED) is 0.540. The lowest BCUT2D eigenvalue weighted by Crippen LogP contribution is -2.35. The number of rotatable bonds is 6. The van der Waals surface area contributed by atoms with Gasteiger partial charge in [-0.05, 0) is 64.8 Å². The predicted octanol–water partition coefficient (Wildman–Crippen LogP) is 3.50. The van der Waals surface area contributed by atoms with Crippen LogP contribution in [0.15, 0.2) is 48.8 Å². The molecule has 2 aromatic carbocycles. The molecule has 0 unspecified atom stereocenters. The fraction of sp³-hybridized carbons (Fsp3) is 0.385. The summed E-state index contributed by atoms with van der Waals surface area (Å²) in [5.74, 6) is 1.62. The molecular formula is C26H30N4O3S. The number of sulfonamides is 1. The minimum Gasteiger partial charge on any atom is -0.489 e. The summed E-state index contributed by atoms with van der Waals surface area (Å²) in [6.07, 6.45) is 7.71. The van der Waals surface area contributed by atoms with E-state index >= 15 is 0 Å². The molecular weight excluding hydrogens is 448 g/mol. The summed E-state index contributed by atoms with van der Waals surface area (Å²) in [6.45, 7) is 5.29. The lowest BCUT2D eigenvalue weighted by Gasteiger charge is -2.29. The van der Waals surface area contributed by atoms with Gasteiger partial charge in [0, 0.05) is 38.6 Å². The number of benzene rings is 2. The Kier molecular flexibility index (Phi) is 6.27. The third kappa shape index (κ3) is 4.93. The van der Waals surface area contributed by atoms with Gasteiger partial charge in [-0.3, -0.25) is 0 Å². The molecule has 0 aliphatic carbocycles. The van der Waals surface area contributed by atoms with Crippen LogP contribution in [0.4, 0.5) is 5.95 Å². The van der Waals surface area contributed by atoms with Crippen LogP contribution in [0.3, 0.4) is 0 Å². The van der Waals surface area contributed by atoms with E-state index in [1.54, 1.807) is 0 Å². The number of hydrogen-bond donors (Lipinski definition) is 0. The first kappa shape index (κ1) is 22.8. The van der Waals surface area contributed by atoms with Crippen molar-refractivity contribution in [2.24, 2.45) is 0 Å². The van der Waals surface area contributed by atoms with E-state index in [9.17, 15) is 8.42 Å². The van der Waals surface area contributed by atoms with E-state index in [1.807, 2.05) is 24.5 Å². The zero-order chi connectivity index (χ0) is 23.7. The normalized spacial score (nSPS) is 16.1. The molecule has 7 nitrogen and oxygen atoms in total. The Bertz CT molecular complexity index is 1290. The summed E-state index contributed by atoms with van der Waals surface area (Å²) in [5.41, 5.74) is 7.18. The van der Waals surface area contributed by atoms with Crippen molar-refractivity contribution in [3.05, 3.63) is 82.2 Å². The Labute approximate surface area is 201 Å². The molecule has 0 fully saturated rings. The molecule has 0 spiro atoms. The molecule has 178 valence electrons. The highest BCUT2D eigenvalue weighted by Crippen LogP contribution is 2.27. The zero-order valence-corrected chi connectivity index (χ0v) is 20.5. The Hall–Kier alpha value is -2.97. The second-order valence-corrected chi connectivity index (χ2v) is 11.1. The van der Waals surface area contributed by atoms with E-state index in [0.717, 1.165) is 59.9 Å². The first-order valence-corrected chi connectivity index (χ1v) is 13.6.